The zero-order valence-corrected chi connectivity index (χ0v) is 15.3. The van der Waals surface area contributed by atoms with Gasteiger partial charge in [-0.1, -0.05) is 0 Å². The van der Waals surface area contributed by atoms with Crippen LogP contribution in [0.1, 0.15) is 0 Å². The van der Waals surface area contributed by atoms with Crippen molar-refractivity contribution in [3.05, 3.63) is 0 Å². The molecule has 3 unspecified atom stereocenters. The summed E-state index contributed by atoms with van der Waals surface area (Å²) in [6.07, 6.45) is -7.52. The molecule has 0 radical (unpaired) electrons. The maximum atomic E-state index is 11.9. The largest absolute Gasteiger partial charge is 0.481 e. The van der Waals surface area contributed by atoms with Gasteiger partial charge < -0.3 is 40.1 Å². The summed E-state index contributed by atoms with van der Waals surface area (Å²) >= 11 is 5.82. The van der Waals surface area contributed by atoms with Crippen LogP contribution in [-0.2, 0) is 22.7 Å². The van der Waals surface area contributed by atoms with Crippen molar-refractivity contribution in [2.45, 2.75) is 36.1 Å². The molecule has 7 atom stereocenters. The Balaban J connectivity index is 2.00. The number of phosphoric ester groups is 1. The molecule has 0 saturated carbocycles. The van der Waals surface area contributed by atoms with Crippen molar-refractivity contribution in [2.24, 2.45) is 0 Å². The van der Waals surface area contributed by atoms with Crippen LogP contribution in [-0.4, -0.2) is 90.2 Å². The van der Waals surface area contributed by atoms with E-state index in [2.05, 4.69) is 14.2 Å². The number of halogens is 1. The lowest BCUT2D eigenvalue weighted by molar-refractivity contribution is -0.0880. The van der Waals surface area contributed by atoms with Crippen LogP contribution in [0.2, 0.25) is 0 Å². The van der Waals surface area contributed by atoms with Crippen LogP contribution in [0.3, 0.4) is 0 Å². The minimum absolute atomic E-state index is 0.240. The standard InChI is InChI=1S/C9H17ClN2O12P2/c10-3-1-12(9(16)11-7(3)15)8-6(14)5(13)4(23-8)2-22-26(20,21)24-25(17,18)19/h3-8,13-15H,1-2H2,(H,11,16)(H,20,21)(H2,17,18,19)/t3?,4-,5-,6-,7?,8-/m1/s1. The van der Waals surface area contributed by atoms with Crippen molar-refractivity contribution in [1.29, 1.82) is 0 Å². The molecule has 2 fully saturated rings. The fourth-order valence-corrected chi connectivity index (χ4v) is 4.15. The van der Waals surface area contributed by atoms with Crippen LogP contribution in [0, 0.1) is 0 Å². The third-order valence-electron chi connectivity index (χ3n) is 3.50. The number of hydrogen-bond donors (Lipinski definition) is 7. The van der Waals surface area contributed by atoms with E-state index < -0.39 is 64.4 Å². The molecule has 7 N–H and O–H groups in total. The first-order chi connectivity index (χ1) is 11.8. The molecule has 14 nitrogen and oxygen atoms in total. The van der Waals surface area contributed by atoms with Crippen molar-refractivity contribution in [1.82, 2.24) is 10.2 Å². The highest BCUT2D eigenvalue weighted by Crippen LogP contribution is 2.57. The summed E-state index contributed by atoms with van der Waals surface area (Å²) < 4.78 is 35.1. The van der Waals surface area contributed by atoms with Gasteiger partial charge in [-0.2, -0.15) is 4.31 Å². The van der Waals surface area contributed by atoms with Crippen LogP contribution in [0.5, 0.6) is 0 Å². The Kier molecular flexibility index (Phi) is 6.72. The number of nitrogens with zero attached hydrogens (tertiary/aromatic N) is 1. The van der Waals surface area contributed by atoms with Crippen LogP contribution in [0.15, 0.2) is 0 Å². The van der Waals surface area contributed by atoms with Crippen molar-refractivity contribution >= 4 is 33.3 Å². The summed E-state index contributed by atoms with van der Waals surface area (Å²) in [7, 11) is -10.5. The number of rotatable bonds is 6. The van der Waals surface area contributed by atoms with Gasteiger partial charge in [0.15, 0.2) is 6.23 Å². The van der Waals surface area contributed by atoms with Crippen LogP contribution < -0.4 is 5.32 Å². The van der Waals surface area contributed by atoms with E-state index in [-0.39, 0.29) is 6.54 Å². The molecule has 2 aliphatic heterocycles. The summed E-state index contributed by atoms with van der Waals surface area (Å²) in [5.41, 5.74) is 0. The first-order valence-corrected chi connectivity index (χ1v) is 10.4. The smallest absolute Gasteiger partial charge is 0.387 e. The zero-order chi connectivity index (χ0) is 19.9. The SMILES string of the molecule is O=C1NC(O)C(Cl)CN1[C@@H]1O[C@H](COP(=O)(O)OP(=O)(O)O)[C@@H](O)[C@H]1O. The summed E-state index contributed by atoms with van der Waals surface area (Å²) in [6.45, 7) is -1.14. The van der Waals surface area contributed by atoms with Gasteiger partial charge in [-0.3, -0.25) is 9.42 Å². The molecule has 152 valence electrons. The van der Waals surface area contributed by atoms with E-state index in [1.54, 1.807) is 0 Å². The van der Waals surface area contributed by atoms with Crippen molar-refractivity contribution < 1.29 is 57.5 Å². The minimum Gasteiger partial charge on any atom is -0.387 e. The molecule has 2 saturated heterocycles. The van der Waals surface area contributed by atoms with E-state index >= 15 is 0 Å². The quantitative estimate of drug-likeness (QED) is 0.169. The lowest BCUT2D eigenvalue weighted by Gasteiger charge is -2.37. The van der Waals surface area contributed by atoms with Crippen LogP contribution in [0.25, 0.3) is 0 Å². The molecular formula is C9H17ClN2O12P2. The number of urea groups is 1. The molecule has 26 heavy (non-hydrogen) atoms. The molecule has 0 aromatic carbocycles. The third-order valence-corrected chi connectivity index (χ3v) is 6.03. The van der Waals surface area contributed by atoms with E-state index in [1.807, 2.05) is 0 Å². The van der Waals surface area contributed by atoms with Crippen molar-refractivity contribution in [2.75, 3.05) is 13.2 Å². The van der Waals surface area contributed by atoms with E-state index in [9.17, 15) is 34.1 Å². The number of carbonyl (C=O) groups excluding carboxylic acids is 1. The highest BCUT2D eigenvalue weighted by Gasteiger charge is 2.49. The van der Waals surface area contributed by atoms with Gasteiger partial charge in [-0.05, 0) is 0 Å². The van der Waals surface area contributed by atoms with Gasteiger partial charge >= 0.3 is 21.7 Å². The summed E-state index contributed by atoms with van der Waals surface area (Å²) in [5.74, 6) is 0. The predicted molar refractivity (Wildman–Crippen MR) is 80.5 cm³/mol. The number of nitrogens with one attached hydrogen (secondary N) is 1. The highest BCUT2D eigenvalue weighted by atomic mass is 35.5. The normalized spacial score (nSPS) is 38.1. The number of amides is 2. The van der Waals surface area contributed by atoms with E-state index in [0.717, 1.165) is 4.90 Å². The number of hydrogen-bond acceptors (Lipinski definition) is 9. The molecule has 0 aliphatic carbocycles. The number of carbonyl (C=O) groups is 1. The molecule has 2 amide bonds. The van der Waals surface area contributed by atoms with Gasteiger partial charge in [0.2, 0.25) is 0 Å². The van der Waals surface area contributed by atoms with Gasteiger partial charge in [0.05, 0.1) is 12.0 Å². The first kappa shape index (κ1) is 22.0. The number of aliphatic hydroxyl groups excluding tert-OH is 3. The highest BCUT2D eigenvalue weighted by molar-refractivity contribution is 7.60. The number of alkyl halides is 1. The van der Waals surface area contributed by atoms with Crippen molar-refractivity contribution in [3.63, 3.8) is 0 Å². The molecule has 2 aliphatic rings. The lowest BCUT2D eigenvalue weighted by atomic mass is 10.1. The van der Waals surface area contributed by atoms with Gasteiger partial charge in [-0.25, -0.2) is 13.9 Å². The van der Waals surface area contributed by atoms with Crippen LogP contribution in [0.4, 0.5) is 4.79 Å². The maximum absolute atomic E-state index is 11.9. The van der Waals surface area contributed by atoms with Gasteiger partial charge in [0, 0.05) is 6.54 Å². The lowest BCUT2D eigenvalue weighted by Crippen LogP contribution is -2.62. The van der Waals surface area contributed by atoms with E-state index in [0.29, 0.717) is 0 Å². The first-order valence-electron chi connectivity index (χ1n) is 6.96. The van der Waals surface area contributed by atoms with Crippen LogP contribution >= 0.6 is 27.2 Å². The zero-order valence-electron chi connectivity index (χ0n) is 12.7. The Morgan fingerprint density at radius 3 is 2.42 bits per heavy atom. The summed E-state index contributed by atoms with van der Waals surface area (Å²) in [4.78, 5) is 38.9. The monoisotopic (exact) mass is 442 g/mol. The van der Waals surface area contributed by atoms with E-state index in [1.165, 1.54) is 0 Å². The molecule has 0 aromatic heterocycles. The van der Waals surface area contributed by atoms with Crippen molar-refractivity contribution in [3.8, 4) is 0 Å². The third kappa shape index (κ3) is 5.35. The Bertz CT molecular complexity index is 632. The topological polar surface area (TPSA) is 216 Å². The maximum Gasteiger partial charge on any atom is 0.481 e. The Hall–Kier alpha value is -0.340. The van der Waals surface area contributed by atoms with Gasteiger partial charge in [-0.15, -0.1) is 11.6 Å². The molecule has 17 heteroatoms. The fourth-order valence-electron chi connectivity index (χ4n) is 2.34. The second-order valence-electron chi connectivity index (χ2n) is 5.45. The summed E-state index contributed by atoms with van der Waals surface area (Å²) in [5, 5.41) is 30.6. The van der Waals surface area contributed by atoms with Gasteiger partial charge in [0.1, 0.15) is 24.5 Å². The Morgan fingerprint density at radius 1 is 1.23 bits per heavy atom. The second kappa shape index (κ2) is 7.95. The predicted octanol–water partition coefficient (Wildman–Crippen LogP) is -2.39. The minimum atomic E-state index is -5.32. The second-order valence-corrected chi connectivity index (χ2v) is 8.84. The Morgan fingerprint density at radius 2 is 1.85 bits per heavy atom. The number of ether oxygens (including phenoxy) is 1. The molecule has 2 rings (SSSR count). The molecule has 2 heterocycles. The van der Waals surface area contributed by atoms with Gasteiger partial charge in [0.25, 0.3) is 0 Å². The Labute approximate surface area is 151 Å². The average molecular weight is 443 g/mol. The van der Waals surface area contributed by atoms with E-state index in [4.69, 9.17) is 26.1 Å². The summed E-state index contributed by atoms with van der Waals surface area (Å²) in [6, 6.07) is -0.843. The molecular weight excluding hydrogens is 426 g/mol. The number of phosphoric acid groups is 2. The molecule has 0 spiro atoms. The molecule has 0 bridgehead atoms. The fraction of sp³-hybridized carbons (Fsp3) is 0.889. The number of aliphatic hydroxyl groups is 3. The average Bonchev–Trinajstić information content (AvgIpc) is 2.75. The molecule has 0 aromatic rings.